The maximum atomic E-state index is 12.4. The first-order valence-corrected chi connectivity index (χ1v) is 7.11. The van der Waals surface area contributed by atoms with Crippen LogP contribution < -0.4 is 10.6 Å². The number of benzene rings is 1. The minimum Gasteiger partial charge on any atom is -0.389 e. The lowest BCUT2D eigenvalue weighted by molar-refractivity contribution is -0.146. The number of alkyl halides is 3. The fraction of sp³-hybridized carbons (Fsp3) is 0.500. The number of anilines is 1. The number of hydrogen-bond donors (Lipinski definition) is 1. The first-order valence-electron chi connectivity index (χ1n) is 6.71. The van der Waals surface area contributed by atoms with Crippen LogP contribution in [0.25, 0.3) is 0 Å². The molecule has 3 nitrogen and oxygen atoms in total. The van der Waals surface area contributed by atoms with Crippen molar-refractivity contribution in [3.05, 3.63) is 29.3 Å². The van der Waals surface area contributed by atoms with Gasteiger partial charge in [-0.05, 0) is 19.1 Å². The van der Waals surface area contributed by atoms with E-state index in [0.29, 0.717) is 31.2 Å². The summed E-state index contributed by atoms with van der Waals surface area (Å²) in [5, 5.41) is 0. The molecule has 1 aromatic rings. The first-order chi connectivity index (χ1) is 9.76. The highest BCUT2D eigenvalue weighted by atomic mass is 32.1. The van der Waals surface area contributed by atoms with E-state index in [1.807, 2.05) is 30.0 Å². The van der Waals surface area contributed by atoms with Crippen molar-refractivity contribution in [2.75, 3.05) is 37.6 Å². The van der Waals surface area contributed by atoms with Crippen molar-refractivity contribution in [1.29, 1.82) is 0 Å². The molecule has 1 heterocycles. The number of thiocarbonyl (C=S) groups is 1. The molecule has 116 valence electrons. The Balaban J connectivity index is 2.07. The quantitative estimate of drug-likeness (QED) is 0.867. The zero-order valence-electron chi connectivity index (χ0n) is 11.8. The molecule has 0 aromatic heterocycles. The molecule has 0 spiro atoms. The molecule has 1 aliphatic rings. The number of piperazine rings is 1. The van der Waals surface area contributed by atoms with Crippen molar-refractivity contribution in [1.82, 2.24) is 4.90 Å². The molecule has 1 aliphatic heterocycles. The molecule has 1 aromatic carbocycles. The number of aryl methyl sites for hydroxylation is 1. The normalized spacial score (nSPS) is 17.0. The summed E-state index contributed by atoms with van der Waals surface area (Å²) in [6, 6.07) is 5.81. The summed E-state index contributed by atoms with van der Waals surface area (Å²) in [5.41, 5.74) is 8.49. The van der Waals surface area contributed by atoms with Crippen LogP contribution in [0.4, 0.5) is 18.9 Å². The molecule has 21 heavy (non-hydrogen) atoms. The van der Waals surface area contributed by atoms with E-state index in [4.69, 9.17) is 18.0 Å². The lowest BCUT2D eigenvalue weighted by Crippen LogP contribution is -2.49. The zero-order chi connectivity index (χ0) is 15.6. The molecule has 1 fully saturated rings. The molecule has 1 saturated heterocycles. The Morgan fingerprint density at radius 3 is 2.38 bits per heavy atom. The van der Waals surface area contributed by atoms with Crippen molar-refractivity contribution >= 4 is 22.9 Å². The largest absolute Gasteiger partial charge is 0.401 e. The number of rotatable bonds is 3. The van der Waals surface area contributed by atoms with Gasteiger partial charge in [0.05, 0.1) is 6.54 Å². The van der Waals surface area contributed by atoms with Crippen LogP contribution in [-0.4, -0.2) is 48.8 Å². The van der Waals surface area contributed by atoms with E-state index in [9.17, 15) is 13.2 Å². The predicted octanol–water partition coefficient (Wildman–Crippen LogP) is 2.31. The molecular weight excluding hydrogens is 299 g/mol. The summed E-state index contributed by atoms with van der Waals surface area (Å²) in [5.74, 6) is 0. The topological polar surface area (TPSA) is 32.5 Å². The van der Waals surface area contributed by atoms with Crippen LogP contribution in [0.2, 0.25) is 0 Å². The number of halogens is 3. The molecule has 0 aliphatic carbocycles. The van der Waals surface area contributed by atoms with E-state index in [2.05, 4.69) is 0 Å². The minimum absolute atomic E-state index is 0.312. The molecule has 0 atom stereocenters. The van der Waals surface area contributed by atoms with Crippen molar-refractivity contribution in [3.8, 4) is 0 Å². The van der Waals surface area contributed by atoms with Gasteiger partial charge in [0.1, 0.15) is 4.99 Å². The molecule has 0 bridgehead atoms. The third-order valence-electron chi connectivity index (χ3n) is 3.53. The first kappa shape index (κ1) is 16.0. The smallest absolute Gasteiger partial charge is 0.389 e. The Morgan fingerprint density at radius 2 is 1.86 bits per heavy atom. The monoisotopic (exact) mass is 317 g/mol. The Kier molecular flexibility index (Phi) is 4.73. The average molecular weight is 317 g/mol. The molecule has 0 amide bonds. The van der Waals surface area contributed by atoms with Crippen LogP contribution >= 0.6 is 12.2 Å². The van der Waals surface area contributed by atoms with Crippen LogP contribution in [0, 0.1) is 6.92 Å². The second-order valence-corrected chi connectivity index (χ2v) is 5.70. The fourth-order valence-electron chi connectivity index (χ4n) is 2.52. The van der Waals surface area contributed by atoms with Gasteiger partial charge in [0.25, 0.3) is 0 Å². The maximum absolute atomic E-state index is 12.4. The van der Waals surface area contributed by atoms with Gasteiger partial charge >= 0.3 is 6.18 Å². The van der Waals surface area contributed by atoms with Crippen LogP contribution in [-0.2, 0) is 0 Å². The third-order valence-corrected chi connectivity index (χ3v) is 3.75. The highest BCUT2D eigenvalue weighted by Crippen LogP contribution is 2.24. The molecule has 0 unspecified atom stereocenters. The van der Waals surface area contributed by atoms with E-state index in [1.165, 1.54) is 4.90 Å². The van der Waals surface area contributed by atoms with E-state index in [1.54, 1.807) is 0 Å². The second-order valence-electron chi connectivity index (χ2n) is 5.26. The van der Waals surface area contributed by atoms with E-state index >= 15 is 0 Å². The number of nitrogens with two attached hydrogens (primary N) is 1. The van der Waals surface area contributed by atoms with E-state index in [0.717, 1.165) is 16.8 Å². The second kappa shape index (κ2) is 6.19. The highest BCUT2D eigenvalue weighted by molar-refractivity contribution is 7.80. The van der Waals surface area contributed by atoms with Gasteiger partial charge in [-0.3, -0.25) is 4.90 Å². The third kappa shape index (κ3) is 4.31. The van der Waals surface area contributed by atoms with Gasteiger partial charge in [-0.25, -0.2) is 0 Å². The average Bonchev–Trinajstić information content (AvgIpc) is 2.38. The summed E-state index contributed by atoms with van der Waals surface area (Å²) in [4.78, 5) is 3.78. The zero-order valence-corrected chi connectivity index (χ0v) is 12.6. The van der Waals surface area contributed by atoms with Crippen molar-refractivity contribution in [2.45, 2.75) is 13.1 Å². The summed E-state index contributed by atoms with van der Waals surface area (Å²) in [6.45, 7) is 2.93. The van der Waals surface area contributed by atoms with Crippen LogP contribution in [0.3, 0.4) is 0 Å². The molecule has 2 N–H and O–H groups in total. The lowest BCUT2D eigenvalue weighted by atomic mass is 10.1. The van der Waals surface area contributed by atoms with Gasteiger partial charge in [-0.2, -0.15) is 13.2 Å². The lowest BCUT2D eigenvalue weighted by Gasteiger charge is -2.37. The van der Waals surface area contributed by atoms with Crippen LogP contribution in [0.1, 0.15) is 11.1 Å². The van der Waals surface area contributed by atoms with E-state index < -0.39 is 12.7 Å². The van der Waals surface area contributed by atoms with Gasteiger partial charge in [0.15, 0.2) is 0 Å². The van der Waals surface area contributed by atoms with Gasteiger partial charge in [-0.15, -0.1) is 0 Å². The summed E-state index contributed by atoms with van der Waals surface area (Å²) in [7, 11) is 0. The highest BCUT2D eigenvalue weighted by Gasteiger charge is 2.32. The SMILES string of the molecule is Cc1ccc(N2CCN(CC(F)(F)F)CC2)c(C(N)=S)c1. The Labute approximate surface area is 127 Å². The molecule has 7 heteroatoms. The Hall–Kier alpha value is -1.34. The molecule has 0 saturated carbocycles. The summed E-state index contributed by atoms with van der Waals surface area (Å²) in [6.07, 6.45) is -4.14. The van der Waals surface area contributed by atoms with Gasteiger partial charge in [-0.1, -0.05) is 23.8 Å². The standard InChI is InChI=1S/C14H18F3N3S/c1-10-2-3-12(11(8-10)13(18)21)20-6-4-19(5-7-20)9-14(15,16)17/h2-3,8H,4-7,9H2,1H3,(H2,18,21). The fourth-order valence-corrected chi connectivity index (χ4v) is 2.69. The van der Waals surface area contributed by atoms with Crippen LogP contribution in [0.5, 0.6) is 0 Å². The summed E-state index contributed by atoms with van der Waals surface area (Å²) < 4.78 is 37.2. The molecule has 2 rings (SSSR count). The van der Waals surface area contributed by atoms with Gasteiger partial charge in [0, 0.05) is 37.4 Å². The van der Waals surface area contributed by atoms with Crippen LogP contribution in [0.15, 0.2) is 18.2 Å². The predicted molar refractivity (Wildman–Crippen MR) is 81.8 cm³/mol. The van der Waals surface area contributed by atoms with Crippen molar-refractivity contribution in [2.24, 2.45) is 5.73 Å². The maximum Gasteiger partial charge on any atom is 0.401 e. The minimum atomic E-state index is -4.14. The number of hydrogen-bond acceptors (Lipinski definition) is 3. The van der Waals surface area contributed by atoms with Crippen molar-refractivity contribution in [3.63, 3.8) is 0 Å². The molecular formula is C14H18F3N3S. The van der Waals surface area contributed by atoms with Crippen molar-refractivity contribution < 1.29 is 13.2 Å². The van der Waals surface area contributed by atoms with Gasteiger partial charge in [0.2, 0.25) is 0 Å². The Morgan fingerprint density at radius 1 is 1.24 bits per heavy atom. The number of nitrogens with zero attached hydrogens (tertiary/aromatic N) is 2. The van der Waals surface area contributed by atoms with E-state index in [-0.39, 0.29) is 0 Å². The summed E-state index contributed by atoms with van der Waals surface area (Å²) >= 11 is 5.07. The van der Waals surface area contributed by atoms with Gasteiger partial charge < -0.3 is 10.6 Å². The molecule has 0 radical (unpaired) electrons. The Bertz CT molecular complexity index is 523.